The number of aromatic nitrogens is 3. The lowest BCUT2D eigenvalue weighted by molar-refractivity contribution is 0.122. The molecule has 0 bridgehead atoms. The van der Waals surface area contributed by atoms with Gasteiger partial charge < -0.3 is 29.9 Å². The van der Waals surface area contributed by atoms with Crippen molar-refractivity contribution in [1.29, 1.82) is 0 Å². The van der Waals surface area contributed by atoms with Crippen molar-refractivity contribution in [2.75, 3.05) is 73.0 Å². The van der Waals surface area contributed by atoms with Crippen LogP contribution in [0.4, 0.5) is 29.2 Å². The lowest BCUT2D eigenvalue weighted by Gasteiger charge is -2.28. The molecular weight excluding hydrogens is 430 g/mol. The number of ether oxygens (including phenoxy) is 2. The van der Waals surface area contributed by atoms with Crippen LogP contribution in [-0.4, -0.2) is 67.5 Å². The van der Waals surface area contributed by atoms with Crippen molar-refractivity contribution in [3.63, 3.8) is 0 Å². The summed E-state index contributed by atoms with van der Waals surface area (Å²) < 4.78 is 11.2. The Labute approximate surface area is 201 Å². The molecule has 1 aromatic heterocycles. The zero-order valence-corrected chi connectivity index (χ0v) is 19.9. The third-order valence-corrected chi connectivity index (χ3v) is 5.57. The molecule has 0 spiro atoms. The molecule has 180 valence electrons. The van der Waals surface area contributed by atoms with E-state index in [0.717, 1.165) is 50.8 Å². The van der Waals surface area contributed by atoms with Crippen LogP contribution in [0, 0.1) is 0 Å². The minimum Gasteiger partial charge on any atom is -0.492 e. The fraction of sp³-hybridized carbons (Fsp3) is 0.400. The average molecular weight is 464 g/mol. The van der Waals surface area contributed by atoms with Gasteiger partial charge in [-0.3, -0.25) is 0 Å². The first kappa shape index (κ1) is 23.6. The van der Waals surface area contributed by atoms with Gasteiger partial charge in [0.1, 0.15) is 12.4 Å². The van der Waals surface area contributed by atoms with Gasteiger partial charge in [0.05, 0.1) is 19.8 Å². The van der Waals surface area contributed by atoms with E-state index in [4.69, 9.17) is 9.47 Å². The molecule has 4 rings (SSSR count). The third-order valence-electron chi connectivity index (χ3n) is 5.57. The average Bonchev–Trinajstić information content (AvgIpc) is 2.89. The maximum Gasteiger partial charge on any atom is 0.233 e. The number of rotatable bonds is 11. The minimum atomic E-state index is 0.502. The van der Waals surface area contributed by atoms with Crippen molar-refractivity contribution >= 4 is 29.2 Å². The second-order valence-electron chi connectivity index (χ2n) is 7.81. The van der Waals surface area contributed by atoms with Crippen molar-refractivity contribution in [3.8, 4) is 5.75 Å². The van der Waals surface area contributed by atoms with Gasteiger partial charge in [-0.15, -0.1) is 0 Å². The molecule has 0 aliphatic carbocycles. The monoisotopic (exact) mass is 463 g/mol. The van der Waals surface area contributed by atoms with Gasteiger partial charge in [-0.2, -0.15) is 15.0 Å². The summed E-state index contributed by atoms with van der Waals surface area (Å²) in [6.07, 6.45) is 0. The van der Waals surface area contributed by atoms with E-state index >= 15 is 0 Å². The number of hydrogen-bond donors (Lipinski definition) is 2. The Bertz CT molecular complexity index is 1010. The molecule has 0 amide bonds. The lowest BCUT2D eigenvalue weighted by Crippen LogP contribution is -2.36. The Kier molecular flexibility index (Phi) is 8.34. The zero-order chi connectivity index (χ0) is 23.6. The molecule has 2 heterocycles. The topological polar surface area (TPSA) is 87.7 Å². The Morgan fingerprint density at radius 3 is 2.32 bits per heavy atom. The highest BCUT2D eigenvalue weighted by Crippen LogP contribution is 2.22. The van der Waals surface area contributed by atoms with Gasteiger partial charge in [0.15, 0.2) is 0 Å². The van der Waals surface area contributed by atoms with Crippen molar-refractivity contribution in [1.82, 2.24) is 15.0 Å². The second-order valence-corrected chi connectivity index (χ2v) is 7.81. The van der Waals surface area contributed by atoms with E-state index in [1.165, 1.54) is 5.69 Å². The van der Waals surface area contributed by atoms with E-state index in [9.17, 15) is 0 Å². The number of morpholine rings is 1. The van der Waals surface area contributed by atoms with Gasteiger partial charge in [0, 0.05) is 37.6 Å². The molecule has 0 atom stereocenters. The van der Waals surface area contributed by atoms with E-state index in [0.29, 0.717) is 31.0 Å². The van der Waals surface area contributed by atoms with Crippen LogP contribution in [0.25, 0.3) is 0 Å². The number of hydrogen-bond acceptors (Lipinski definition) is 9. The van der Waals surface area contributed by atoms with Crippen molar-refractivity contribution in [3.05, 3.63) is 54.6 Å². The van der Waals surface area contributed by atoms with E-state index in [-0.39, 0.29) is 0 Å². The summed E-state index contributed by atoms with van der Waals surface area (Å²) in [5.41, 5.74) is 2.11. The van der Waals surface area contributed by atoms with Crippen LogP contribution in [-0.2, 0) is 4.74 Å². The first-order valence-electron chi connectivity index (χ1n) is 11.9. The second kappa shape index (κ2) is 12.0. The quantitative estimate of drug-likeness (QED) is 0.412. The molecule has 1 aliphatic heterocycles. The SMILES string of the molecule is CCN(CC)c1nc(NCCOc2ccccc2)nc(Nc2ccc(N3CCOCC3)cc2)n1. The Morgan fingerprint density at radius 1 is 0.912 bits per heavy atom. The van der Waals surface area contributed by atoms with E-state index in [2.05, 4.69) is 61.4 Å². The first-order valence-corrected chi connectivity index (χ1v) is 11.9. The highest BCUT2D eigenvalue weighted by Gasteiger charge is 2.13. The molecule has 9 nitrogen and oxygen atoms in total. The molecule has 1 fully saturated rings. The summed E-state index contributed by atoms with van der Waals surface area (Å²) >= 11 is 0. The number of nitrogens with one attached hydrogen (secondary N) is 2. The van der Waals surface area contributed by atoms with Crippen molar-refractivity contribution in [2.24, 2.45) is 0 Å². The lowest BCUT2D eigenvalue weighted by atomic mass is 10.2. The van der Waals surface area contributed by atoms with Crippen LogP contribution < -0.4 is 25.2 Å². The number of benzene rings is 2. The van der Waals surface area contributed by atoms with Gasteiger partial charge in [-0.05, 0) is 50.2 Å². The molecular formula is C25H33N7O2. The highest BCUT2D eigenvalue weighted by atomic mass is 16.5. The molecule has 2 aromatic carbocycles. The zero-order valence-electron chi connectivity index (χ0n) is 19.9. The predicted molar refractivity (Wildman–Crippen MR) is 137 cm³/mol. The van der Waals surface area contributed by atoms with Crippen LogP contribution >= 0.6 is 0 Å². The molecule has 2 N–H and O–H groups in total. The summed E-state index contributed by atoms with van der Waals surface area (Å²) in [7, 11) is 0. The summed E-state index contributed by atoms with van der Waals surface area (Å²) in [6.45, 7) is 10.2. The molecule has 34 heavy (non-hydrogen) atoms. The fourth-order valence-electron chi connectivity index (χ4n) is 3.70. The Morgan fingerprint density at radius 2 is 1.62 bits per heavy atom. The van der Waals surface area contributed by atoms with Crippen LogP contribution in [0.5, 0.6) is 5.75 Å². The van der Waals surface area contributed by atoms with Gasteiger partial charge >= 0.3 is 0 Å². The molecule has 3 aromatic rings. The number of para-hydroxylation sites is 1. The maximum atomic E-state index is 5.76. The standard InChI is InChI=1S/C25H33N7O2/c1-3-31(4-2)25-29-23(26-14-17-34-22-8-6-5-7-9-22)28-24(30-25)27-20-10-12-21(13-11-20)32-15-18-33-19-16-32/h5-13H,3-4,14-19H2,1-2H3,(H2,26,27,28,29,30). The fourth-order valence-corrected chi connectivity index (χ4v) is 3.70. The van der Waals surface area contributed by atoms with E-state index in [1.54, 1.807) is 0 Å². The normalized spacial score (nSPS) is 13.4. The molecule has 1 saturated heterocycles. The van der Waals surface area contributed by atoms with Gasteiger partial charge in [0.2, 0.25) is 17.8 Å². The van der Waals surface area contributed by atoms with Crippen LogP contribution in [0.3, 0.4) is 0 Å². The van der Waals surface area contributed by atoms with Crippen LogP contribution in [0.15, 0.2) is 54.6 Å². The molecule has 9 heteroatoms. The molecule has 0 unspecified atom stereocenters. The van der Waals surface area contributed by atoms with Crippen LogP contribution in [0.1, 0.15) is 13.8 Å². The summed E-state index contributed by atoms with van der Waals surface area (Å²) in [6, 6.07) is 18.1. The summed E-state index contributed by atoms with van der Waals surface area (Å²) in [5.74, 6) is 2.49. The highest BCUT2D eigenvalue weighted by molar-refractivity contribution is 5.60. The Hall–Kier alpha value is -3.59. The maximum absolute atomic E-state index is 5.76. The van der Waals surface area contributed by atoms with Gasteiger partial charge in [0.25, 0.3) is 0 Å². The predicted octanol–water partition coefficient (Wildman–Crippen LogP) is 3.79. The van der Waals surface area contributed by atoms with E-state index < -0.39 is 0 Å². The summed E-state index contributed by atoms with van der Waals surface area (Å²) in [5, 5.41) is 6.60. The smallest absolute Gasteiger partial charge is 0.233 e. The summed E-state index contributed by atoms with van der Waals surface area (Å²) in [4.78, 5) is 18.3. The largest absolute Gasteiger partial charge is 0.492 e. The molecule has 0 radical (unpaired) electrons. The van der Waals surface area contributed by atoms with E-state index in [1.807, 2.05) is 42.5 Å². The molecule has 0 saturated carbocycles. The van der Waals surface area contributed by atoms with Gasteiger partial charge in [-0.1, -0.05) is 18.2 Å². The minimum absolute atomic E-state index is 0.502. The van der Waals surface area contributed by atoms with Crippen molar-refractivity contribution in [2.45, 2.75) is 13.8 Å². The van der Waals surface area contributed by atoms with Crippen molar-refractivity contribution < 1.29 is 9.47 Å². The van der Waals surface area contributed by atoms with Crippen LogP contribution in [0.2, 0.25) is 0 Å². The van der Waals surface area contributed by atoms with Gasteiger partial charge in [-0.25, -0.2) is 0 Å². The number of nitrogens with zero attached hydrogens (tertiary/aromatic N) is 5. The third kappa shape index (κ3) is 6.48. The number of anilines is 5. The molecule has 1 aliphatic rings. The first-order chi connectivity index (χ1) is 16.7. The Balaban J connectivity index is 1.43.